The fourth-order valence-electron chi connectivity index (χ4n) is 3.25. The van der Waals surface area contributed by atoms with Gasteiger partial charge in [0.05, 0.1) is 18.0 Å². The SMILES string of the molecule is CCCCOc1ccc(NC(=O)C2(OCC)CCC(C)CC2)c(C)n1. The summed E-state index contributed by atoms with van der Waals surface area (Å²) < 4.78 is 11.5. The van der Waals surface area contributed by atoms with Crippen molar-refractivity contribution in [3.63, 3.8) is 0 Å². The van der Waals surface area contributed by atoms with Crippen LogP contribution in [0.4, 0.5) is 5.69 Å². The van der Waals surface area contributed by atoms with Gasteiger partial charge in [0.1, 0.15) is 5.60 Å². The number of nitrogens with zero attached hydrogens (tertiary/aromatic N) is 1. The summed E-state index contributed by atoms with van der Waals surface area (Å²) in [5.41, 5.74) is 0.785. The van der Waals surface area contributed by atoms with E-state index in [9.17, 15) is 4.79 Å². The Morgan fingerprint density at radius 3 is 2.64 bits per heavy atom. The molecule has 1 N–H and O–H groups in total. The van der Waals surface area contributed by atoms with Crippen LogP contribution in [-0.4, -0.2) is 29.7 Å². The molecule has 0 saturated heterocycles. The van der Waals surface area contributed by atoms with Crippen LogP contribution in [0.1, 0.15) is 65.0 Å². The van der Waals surface area contributed by atoms with Crippen LogP contribution < -0.4 is 10.1 Å². The van der Waals surface area contributed by atoms with Gasteiger partial charge in [0.15, 0.2) is 0 Å². The lowest BCUT2D eigenvalue weighted by Crippen LogP contribution is -2.48. The Hall–Kier alpha value is -1.62. The van der Waals surface area contributed by atoms with E-state index in [2.05, 4.69) is 24.1 Å². The third-order valence-electron chi connectivity index (χ3n) is 4.97. The van der Waals surface area contributed by atoms with Crippen molar-refractivity contribution in [3.8, 4) is 5.88 Å². The van der Waals surface area contributed by atoms with Crippen molar-refractivity contribution in [2.24, 2.45) is 5.92 Å². The predicted octanol–water partition coefficient (Wildman–Crippen LogP) is 4.49. The molecule has 1 aliphatic rings. The summed E-state index contributed by atoms with van der Waals surface area (Å²) in [4.78, 5) is 17.4. The Morgan fingerprint density at radius 1 is 1.32 bits per heavy atom. The van der Waals surface area contributed by atoms with Crippen molar-refractivity contribution in [3.05, 3.63) is 17.8 Å². The van der Waals surface area contributed by atoms with Crippen LogP contribution in [-0.2, 0) is 9.53 Å². The van der Waals surface area contributed by atoms with Crippen LogP contribution in [0.3, 0.4) is 0 Å². The maximum Gasteiger partial charge on any atom is 0.256 e. The van der Waals surface area contributed by atoms with Gasteiger partial charge in [-0.05, 0) is 57.9 Å². The molecule has 5 nitrogen and oxygen atoms in total. The lowest BCUT2D eigenvalue weighted by atomic mass is 9.78. The predicted molar refractivity (Wildman–Crippen MR) is 100.0 cm³/mol. The minimum atomic E-state index is -0.704. The molecule has 2 rings (SSSR count). The van der Waals surface area contributed by atoms with E-state index in [1.54, 1.807) is 0 Å². The van der Waals surface area contributed by atoms with Gasteiger partial charge in [-0.2, -0.15) is 0 Å². The van der Waals surface area contributed by atoms with Crippen molar-refractivity contribution >= 4 is 11.6 Å². The summed E-state index contributed by atoms with van der Waals surface area (Å²) in [6.45, 7) is 9.41. The van der Waals surface area contributed by atoms with Crippen molar-refractivity contribution in [1.29, 1.82) is 0 Å². The van der Waals surface area contributed by atoms with Crippen LogP contribution in [0.15, 0.2) is 12.1 Å². The van der Waals surface area contributed by atoms with E-state index in [4.69, 9.17) is 9.47 Å². The van der Waals surface area contributed by atoms with Crippen molar-refractivity contribution < 1.29 is 14.3 Å². The summed E-state index contributed by atoms with van der Waals surface area (Å²) in [5.74, 6) is 1.21. The largest absolute Gasteiger partial charge is 0.478 e. The maximum atomic E-state index is 12.9. The number of aromatic nitrogens is 1. The molecule has 1 aromatic rings. The summed E-state index contributed by atoms with van der Waals surface area (Å²) in [5, 5.41) is 3.03. The molecule has 1 aliphatic carbocycles. The van der Waals surface area contributed by atoms with E-state index < -0.39 is 5.60 Å². The lowest BCUT2D eigenvalue weighted by Gasteiger charge is -2.37. The Balaban J connectivity index is 2.05. The van der Waals surface area contributed by atoms with E-state index in [0.717, 1.165) is 49.9 Å². The minimum absolute atomic E-state index is 0.0502. The molecule has 0 atom stereocenters. The number of aryl methyl sites for hydroxylation is 1. The van der Waals surface area contributed by atoms with E-state index in [1.165, 1.54) is 0 Å². The van der Waals surface area contributed by atoms with Gasteiger partial charge in [-0.25, -0.2) is 4.98 Å². The Morgan fingerprint density at radius 2 is 2.04 bits per heavy atom. The summed E-state index contributed by atoms with van der Waals surface area (Å²) >= 11 is 0. The number of hydrogen-bond donors (Lipinski definition) is 1. The first-order valence-corrected chi connectivity index (χ1v) is 9.56. The summed E-state index contributed by atoms with van der Waals surface area (Å²) in [6.07, 6.45) is 5.69. The van der Waals surface area contributed by atoms with Crippen molar-refractivity contribution in [2.45, 2.75) is 71.8 Å². The zero-order chi connectivity index (χ0) is 18.3. The number of unbranched alkanes of at least 4 members (excludes halogenated alkanes) is 1. The number of amides is 1. The standard InChI is InChI=1S/C20H32N2O3/c1-5-7-14-24-18-9-8-17(16(4)21-18)22-19(23)20(25-6-2)12-10-15(3)11-13-20/h8-9,15H,5-7,10-14H2,1-4H3,(H,22,23). The Kier molecular flexibility index (Phi) is 7.24. The van der Waals surface area contributed by atoms with E-state index >= 15 is 0 Å². The monoisotopic (exact) mass is 348 g/mol. The van der Waals surface area contributed by atoms with Crippen molar-refractivity contribution in [1.82, 2.24) is 4.98 Å². The maximum absolute atomic E-state index is 12.9. The second-order valence-electron chi connectivity index (χ2n) is 7.05. The molecule has 0 radical (unpaired) electrons. The highest BCUT2D eigenvalue weighted by Crippen LogP contribution is 2.36. The Labute approximate surface area is 151 Å². The molecular formula is C20H32N2O3. The molecule has 1 aromatic heterocycles. The number of pyridine rings is 1. The van der Waals surface area contributed by atoms with Crippen LogP contribution in [0.5, 0.6) is 5.88 Å². The van der Waals surface area contributed by atoms with E-state index in [0.29, 0.717) is 25.0 Å². The molecular weight excluding hydrogens is 316 g/mol. The van der Waals surface area contributed by atoms with Gasteiger partial charge in [-0.15, -0.1) is 0 Å². The van der Waals surface area contributed by atoms with Gasteiger partial charge in [0.25, 0.3) is 5.91 Å². The minimum Gasteiger partial charge on any atom is -0.478 e. The number of carbonyl (C=O) groups excluding carboxylic acids is 1. The molecule has 0 aromatic carbocycles. The number of carbonyl (C=O) groups is 1. The van der Waals surface area contributed by atoms with Crippen LogP contribution in [0.25, 0.3) is 0 Å². The highest BCUT2D eigenvalue weighted by atomic mass is 16.5. The molecule has 25 heavy (non-hydrogen) atoms. The molecule has 1 saturated carbocycles. The molecule has 0 spiro atoms. The average Bonchev–Trinajstić information content (AvgIpc) is 2.60. The number of nitrogens with one attached hydrogen (secondary N) is 1. The number of hydrogen-bond acceptors (Lipinski definition) is 4. The first kappa shape index (κ1) is 19.7. The molecule has 140 valence electrons. The number of ether oxygens (including phenoxy) is 2. The van der Waals surface area contributed by atoms with Gasteiger partial charge < -0.3 is 14.8 Å². The smallest absolute Gasteiger partial charge is 0.256 e. The third-order valence-corrected chi connectivity index (χ3v) is 4.97. The lowest BCUT2D eigenvalue weighted by molar-refractivity contribution is -0.146. The van der Waals surface area contributed by atoms with Gasteiger partial charge in [0, 0.05) is 12.7 Å². The second kappa shape index (κ2) is 9.18. The zero-order valence-corrected chi connectivity index (χ0v) is 16.1. The van der Waals surface area contributed by atoms with Crippen molar-refractivity contribution in [2.75, 3.05) is 18.5 Å². The van der Waals surface area contributed by atoms with Gasteiger partial charge in [-0.3, -0.25) is 4.79 Å². The quantitative estimate of drug-likeness (QED) is 0.703. The number of anilines is 1. The molecule has 5 heteroatoms. The van der Waals surface area contributed by atoms with Gasteiger partial charge in [-0.1, -0.05) is 20.3 Å². The molecule has 1 fully saturated rings. The fraction of sp³-hybridized carbons (Fsp3) is 0.700. The molecule has 0 bridgehead atoms. The molecule has 0 unspecified atom stereocenters. The fourth-order valence-corrected chi connectivity index (χ4v) is 3.25. The van der Waals surface area contributed by atoms with E-state index in [-0.39, 0.29) is 5.91 Å². The first-order valence-electron chi connectivity index (χ1n) is 9.56. The van der Waals surface area contributed by atoms with Gasteiger partial charge in [0.2, 0.25) is 5.88 Å². The molecule has 0 aliphatic heterocycles. The highest BCUT2D eigenvalue weighted by Gasteiger charge is 2.42. The Bertz CT molecular complexity index is 566. The molecule has 1 heterocycles. The zero-order valence-electron chi connectivity index (χ0n) is 16.1. The highest BCUT2D eigenvalue weighted by molar-refractivity contribution is 5.97. The topological polar surface area (TPSA) is 60.5 Å². The van der Waals surface area contributed by atoms with Gasteiger partial charge >= 0.3 is 0 Å². The van der Waals surface area contributed by atoms with E-state index in [1.807, 2.05) is 26.0 Å². The normalized spacial score (nSPS) is 23.3. The third kappa shape index (κ3) is 5.18. The van der Waals surface area contributed by atoms with Crippen LogP contribution in [0.2, 0.25) is 0 Å². The summed E-state index contributed by atoms with van der Waals surface area (Å²) in [7, 11) is 0. The molecule has 1 amide bonds. The van der Waals surface area contributed by atoms with Crippen LogP contribution >= 0.6 is 0 Å². The van der Waals surface area contributed by atoms with Crippen LogP contribution in [0, 0.1) is 12.8 Å². The first-order chi connectivity index (χ1) is 12.0. The summed E-state index contributed by atoms with van der Waals surface area (Å²) in [6, 6.07) is 3.68. The number of rotatable bonds is 8. The average molecular weight is 348 g/mol. The second-order valence-corrected chi connectivity index (χ2v) is 7.05.